The number of rotatable bonds is 12. The summed E-state index contributed by atoms with van der Waals surface area (Å²) in [5.41, 5.74) is 2.01. The Labute approximate surface area is 133 Å². The zero-order valence-electron chi connectivity index (χ0n) is 14.6. The zero-order chi connectivity index (χ0) is 17.4. The molecule has 0 aliphatic rings. The molecule has 0 saturated carbocycles. The summed E-state index contributed by atoms with van der Waals surface area (Å²) in [5.74, 6) is 0. The van der Waals surface area contributed by atoms with Crippen LogP contribution in [0.15, 0.2) is 0 Å². The second-order valence-corrected chi connectivity index (χ2v) is 6.62. The van der Waals surface area contributed by atoms with E-state index >= 15 is 4.39 Å². The van der Waals surface area contributed by atoms with E-state index < -0.39 is 23.0 Å². The van der Waals surface area contributed by atoms with Gasteiger partial charge >= 0.3 is 0 Å². The summed E-state index contributed by atoms with van der Waals surface area (Å²) in [6.07, 6.45) is 0.281. The molecule has 4 atom stereocenters. The van der Waals surface area contributed by atoms with E-state index in [0.29, 0.717) is 12.8 Å². The fourth-order valence-electron chi connectivity index (χ4n) is 1.92. The predicted octanol–water partition coefficient (Wildman–Crippen LogP) is 2.76. The van der Waals surface area contributed by atoms with E-state index in [2.05, 4.69) is 0 Å². The van der Waals surface area contributed by atoms with Crippen LogP contribution in [-0.4, -0.2) is 54.5 Å². The summed E-state index contributed by atoms with van der Waals surface area (Å²) in [4.78, 5) is 0. The summed E-state index contributed by atoms with van der Waals surface area (Å²) >= 11 is 0. The van der Waals surface area contributed by atoms with Crippen LogP contribution in [0.1, 0.15) is 53.9 Å². The van der Waals surface area contributed by atoms with Gasteiger partial charge in [-0.25, -0.2) is 8.78 Å². The monoisotopic (exact) mass is 325 g/mol. The van der Waals surface area contributed by atoms with E-state index in [4.69, 9.17) is 20.3 Å². The van der Waals surface area contributed by atoms with Gasteiger partial charge in [0.2, 0.25) is 0 Å². The molecule has 0 heterocycles. The Bertz CT molecular complexity index is 316. The molecular weight excluding hydrogens is 292 g/mol. The average molecular weight is 325 g/mol. The molecule has 0 aromatic rings. The van der Waals surface area contributed by atoms with E-state index in [1.807, 2.05) is 13.8 Å². The molecule has 0 radical (unpaired) electrons. The standard InChI is InChI=1S/C16H33F2NO3/c1-6-14(3,8-9-20)22-12-15(4,18)16(5,11-19)21-10-7-13(2)17/h13,20H,6-12,19H2,1-5H3. The minimum absolute atomic E-state index is 0.0214. The Morgan fingerprint density at radius 3 is 2.23 bits per heavy atom. The first-order chi connectivity index (χ1) is 10.1. The second kappa shape index (κ2) is 9.11. The predicted molar refractivity (Wildman–Crippen MR) is 84.5 cm³/mol. The van der Waals surface area contributed by atoms with Crippen LogP contribution in [0.3, 0.4) is 0 Å². The van der Waals surface area contributed by atoms with Gasteiger partial charge in [0.15, 0.2) is 5.67 Å². The molecule has 0 bridgehead atoms. The van der Waals surface area contributed by atoms with Crippen molar-refractivity contribution in [2.75, 3.05) is 26.4 Å². The first kappa shape index (κ1) is 21.7. The van der Waals surface area contributed by atoms with Gasteiger partial charge in [0.05, 0.1) is 25.0 Å². The highest BCUT2D eigenvalue weighted by Crippen LogP contribution is 2.32. The van der Waals surface area contributed by atoms with Crippen molar-refractivity contribution in [1.82, 2.24) is 0 Å². The van der Waals surface area contributed by atoms with Crippen LogP contribution in [-0.2, 0) is 9.47 Å². The third kappa shape index (κ3) is 6.44. The van der Waals surface area contributed by atoms with Gasteiger partial charge < -0.3 is 20.3 Å². The number of aliphatic hydroxyl groups excluding tert-OH is 1. The number of halogens is 2. The van der Waals surface area contributed by atoms with Crippen molar-refractivity contribution in [3.05, 3.63) is 0 Å². The van der Waals surface area contributed by atoms with Crippen molar-refractivity contribution in [1.29, 1.82) is 0 Å². The number of nitrogens with two attached hydrogens (primary N) is 1. The van der Waals surface area contributed by atoms with E-state index in [9.17, 15) is 4.39 Å². The minimum atomic E-state index is -1.83. The minimum Gasteiger partial charge on any atom is -0.396 e. The molecular formula is C16H33F2NO3. The molecule has 3 N–H and O–H groups in total. The summed E-state index contributed by atoms with van der Waals surface area (Å²) < 4.78 is 39.2. The molecule has 22 heavy (non-hydrogen) atoms. The number of aliphatic hydroxyl groups is 1. The van der Waals surface area contributed by atoms with Crippen molar-refractivity contribution in [3.8, 4) is 0 Å². The molecule has 0 rings (SSSR count). The number of ether oxygens (including phenoxy) is 2. The molecule has 0 fully saturated rings. The van der Waals surface area contributed by atoms with Crippen LogP contribution in [0.2, 0.25) is 0 Å². The van der Waals surface area contributed by atoms with Gasteiger partial charge in [0, 0.05) is 19.6 Å². The van der Waals surface area contributed by atoms with E-state index in [-0.39, 0.29) is 32.8 Å². The third-order valence-corrected chi connectivity index (χ3v) is 4.51. The quantitative estimate of drug-likeness (QED) is 0.579. The molecule has 0 saturated heterocycles. The normalized spacial score (nSPS) is 21.7. The molecule has 0 aliphatic carbocycles. The maximum absolute atomic E-state index is 15.1. The average Bonchev–Trinajstić information content (AvgIpc) is 2.45. The lowest BCUT2D eigenvalue weighted by molar-refractivity contribution is -0.175. The summed E-state index contributed by atoms with van der Waals surface area (Å²) in [5, 5.41) is 9.08. The molecule has 0 aliphatic heterocycles. The summed E-state index contributed by atoms with van der Waals surface area (Å²) in [6, 6.07) is 0. The Balaban J connectivity index is 4.77. The van der Waals surface area contributed by atoms with Crippen LogP contribution in [0.25, 0.3) is 0 Å². The summed E-state index contributed by atoms with van der Waals surface area (Å²) in [6.45, 7) is 8.00. The van der Waals surface area contributed by atoms with Crippen molar-refractivity contribution < 1.29 is 23.4 Å². The van der Waals surface area contributed by atoms with Gasteiger partial charge in [0.1, 0.15) is 5.60 Å². The smallest absolute Gasteiger partial charge is 0.161 e. The van der Waals surface area contributed by atoms with E-state index in [1.54, 1.807) is 6.92 Å². The van der Waals surface area contributed by atoms with Crippen molar-refractivity contribution >= 4 is 0 Å². The number of hydrogen-bond donors (Lipinski definition) is 2. The highest BCUT2D eigenvalue weighted by molar-refractivity contribution is 4.97. The zero-order valence-corrected chi connectivity index (χ0v) is 14.6. The highest BCUT2D eigenvalue weighted by Gasteiger charge is 2.47. The van der Waals surface area contributed by atoms with Gasteiger partial charge in [-0.2, -0.15) is 0 Å². The molecule has 134 valence electrons. The lowest BCUT2D eigenvalue weighted by Gasteiger charge is -2.41. The van der Waals surface area contributed by atoms with Gasteiger partial charge in [-0.1, -0.05) is 6.92 Å². The first-order valence-electron chi connectivity index (χ1n) is 7.97. The van der Waals surface area contributed by atoms with Crippen molar-refractivity contribution in [2.45, 2.75) is 76.9 Å². The molecule has 4 unspecified atom stereocenters. The van der Waals surface area contributed by atoms with Gasteiger partial charge in [-0.15, -0.1) is 0 Å². The molecule has 4 nitrogen and oxygen atoms in total. The number of hydrogen-bond acceptors (Lipinski definition) is 4. The van der Waals surface area contributed by atoms with Crippen LogP contribution < -0.4 is 5.73 Å². The van der Waals surface area contributed by atoms with Gasteiger partial charge in [-0.05, 0) is 40.5 Å². The molecule has 0 aromatic carbocycles. The van der Waals surface area contributed by atoms with E-state index in [0.717, 1.165) is 0 Å². The van der Waals surface area contributed by atoms with Crippen molar-refractivity contribution in [2.24, 2.45) is 5.73 Å². The fourth-order valence-corrected chi connectivity index (χ4v) is 1.92. The molecule has 6 heteroatoms. The lowest BCUT2D eigenvalue weighted by Crippen LogP contribution is -2.57. The lowest BCUT2D eigenvalue weighted by atomic mass is 9.87. The van der Waals surface area contributed by atoms with Crippen LogP contribution >= 0.6 is 0 Å². The maximum atomic E-state index is 15.1. The van der Waals surface area contributed by atoms with Crippen LogP contribution in [0.5, 0.6) is 0 Å². The number of alkyl halides is 2. The largest absolute Gasteiger partial charge is 0.396 e. The molecule has 0 aromatic heterocycles. The molecule has 0 amide bonds. The Morgan fingerprint density at radius 1 is 1.23 bits per heavy atom. The Kier molecular flexibility index (Phi) is 8.98. The summed E-state index contributed by atoms with van der Waals surface area (Å²) in [7, 11) is 0. The first-order valence-corrected chi connectivity index (χ1v) is 7.97. The Hall–Kier alpha value is -0.300. The van der Waals surface area contributed by atoms with Crippen LogP contribution in [0.4, 0.5) is 8.78 Å². The van der Waals surface area contributed by atoms with Crippen molar-refractivity contribution in [3.63, 3.8) is 0 Å². The second-order valence-electron chi connectivity index (χ2n) is 6.62. The highest BCUT2D eigenvalue weighted by atomic mass is 19.1. The topological polar surface area (TPSA) is 64.7 Å². The fraction of sp³-hybridized carbons (Fsp3) is 1.00. The SMILES string of the molecule is CCC(C)(CCO)OCC(C)(F)C(C)(CN)OCCC(C)F. The van der Waals surface area contributed by atoms with Gasteiger partial charge in [-0.3, -0.25) is 0 Å². The van der Waals surface area contributed by atoms with E-state index in [1.165, 1.54) is 13.8 Å². The Morgan fingerprint density at radius 2 is 1.82 bits per heavy atom. The van der Waals surface area contributed by atoms with Crippen LogP contribution in [0, 0.1) is 0 Å². The third-order valence-electron chi connectivity index (χ3n) is 4.51. The maximum Gasteiger partial charge on any atom is 0.161 e. The van der Waals surface area contributed by atoms with Gasteiger partial charge in [0.25, 0.3) is 0 Å². The molecule has 0 spiro atoms.